The number of fused-ring (bicyclic) bond motifs is 1. The topological polar surface area (TPSA) is 78.3 Å². The van der Waals surface area contributed by atoms with Crippen molar-refractivity contribution >= 4 is 22.6 Å². The van der Waals surface area contributed by atoms with Gasteiger partial charge in [-0.1, -0.05) is 12.1 Å². The molecule has 1 heterocycles. The molecule has 0 atom stereocenters. The number of benzene rings is 3. The fraction of sp³-hybridized carbons (Fsp3) is 0.208. The van der Waals surface area contributed by atoms with E-state index in [4.69, 9.17) is 9.47 Å². The SMILES string of the molecule is CCOc1ccc(-n2nc3cc(C)c(NC(=O)COc4cccc(C)c4)cc3n2)cc1. The van der Waals surface area contributed by atoms with Gasteiger partial charge in [-0.25, -0.2) is 0 Å². The second-order valence-corrected chi connectivity index (χ2v) is 7.23. The molecule has 1 N–H and O–H groups in total. The largest absolute Gasteiger partial charge is 0.494 e. The minimum absolute atomic E-state index is 0.0696. The molecule has 0 spiro atoms. The minimum Gasteiger partial charge on any atom is -0.494 e. The molecule has 0 bridgehead atoms. The summed E-state index contributed by atoms with van der Waals surface area (Å²) in [5.74, 6) is 1.24. The number of nitrogens with zero attached hydrogens (tertiary/aromatic N) is 3. The molecule has 0 radical (unpaired) electrons. The lowest BCUT2D eigenvalue weighted by Gasteiger charge is -2.10. The molecular weight excluding hydrogens is 392 g/mol. The average molecular weight is 416 g/mol. The smallest absolute Gasteiger partial charge is 0.262 e. The Morgan fingerprint density at radius 2 is 1.68 bits per heavy atom. The quantitative estimate of drug-likeness (QED) is 0.481. The van der Waals surface area contributed by atoms with E-state index in [0.29, 0.717) is 23.6 Å². The fourth-order valence-corrected chi connectivity index (χ4v) is 3.20. The summed E-state index contributed by atoms with van der Waals surface area (Å²) in [4.78, 5) is 14.0. The first-order valence-corrected chi connectivity index (χ1v) is 10.1. The zero-order valence-electron chi connectivity index (χ0n) is 17.8. The number of ether oxygens (including phenoxy) is 2. The summed E-state index contributed by atoms with van der Waals surface area (Å²) in [6.45, 7) is 6.40. The zero-order valence-corrected chi connectivity index (χ0v) is 17.8. The normalized spacial score (nSPS) is 10.8. The Hall–Kier alpha value is -3.87. The lowest BCUT2D eigenvalue weighted by molar-refractivity contribution is -0.118. The Morgan fingerprint density at radius 1 is 0.935 bits per heavy atom. The van der Waals surface area contributed by atoms with Crippen molar-refractivity contribution in [2.75, 3.05) is 18.5 Å². The van der Waals surface area contributed by atoms with Crippen LogP contribution < -0.4 is 14.8 Å². The van der Waals surface area contributed by atoms with Crippen molar-refractivity contribution in [3.8, 4) is 17.2 Å². The molecule has 3 aromatic carbocycles. The zero-order chi connectivity index (χ0) is 21.8. The maximum Gasteiger partial charge on any atom is 0.262 e. The lowest BCUT2D eigenvalue weighted by atomic mass is 10.1. The van der Waals surface area contributed by atoms with E-state index in [1.165, 1.54) is 0 Å². The van der Waals surface area contributed by atoms with Crippen LogP contribution in [0.4, 0.5) is 5.69 Å². The number of amides is 1. The molecule has 31 heavy (non-hydrogen) atoms. The highest BCUT2D eigenvalue weighted by atomic mass is 16.5. The highest BCUT2D eigenvalue weighted by molar-refractivity contribution is 5.95. The van der Waals surface area contributed by atoms with Gasteiger partial charge in [0.1, 0.15) is 22.5 Å². The van der Waals surface area contributed by atoms with E-state index >= 15 is 0 Å². The Kier molecular flexibility index (Phi) is 5.84. The van der Waals surface area contributed by atoms with Crippen molar-refractivity contribution in [1.29, 1.82) is 0 Å². The van der Waals surface area contributed by atoms with Crippen molar-refractivity contribution in [3.63, 3.8) is 0 Å². The Labute approximate surface area is 180 Å². The second-order valence-electron chi connectivity index (χ2n) is 7.23. The Balaban J connectivity index is 1.48. The second kappa shape index (κ2) is 8.87. The molecule has 0 aliphatic carbocycles. The van der Waals surface area contributed by atoms with Gasteiger partial charge in [-0.15, -0.1) is 10.2 Å². The van der Waals surface area contributed by atoms with Crippen LogP contribution in [-0.4, -0.2) is 34.1 Å². The molecule has 0 fully saturated rings. The van der Waals surface area contributed by atoms with Gasteiger partial charge in [-0.2, -0.15) is 4.80 Å². The van der Waals surface area contributed by atoms with Crippen LogP contribution in [0.25, 0.3) is 16.7 Å². The number of nitrogens with one attached hydrogen (secondary N) is 1. The molecule has 7 nitrogen and oxygen atoms in total. The summed E-state index contributed by atoms with van der Waals surface area (Å²) >= 11 is 0. The number of rotatable bonds is 7. The van der Waals surface area contributed by atoms with Gasteiger partial charge < -0.3 is 14.8 Å². The number of aryl methyl sites for hydroxylation is 2. The van der Waals surface area contributed by atoms with Crippen molar-refractivity contribution in [1.82, 2.24) is 15.0 Å². The standard InChI is InChI=1S/C24H24N4O3/c1-4-30-19-10-8-18(9-11-19)28-26-22-13-17(3)21(14-23(22)27-28)25-24(29)15-31-20-7-5-6-16(2)12-20/h5-14H,4,15H2,1-3H3,(H,25,29). The lowest BCUT2D eigenvalue weighted by Crippen LogP contribution is -2.20. The third kappa shape index (κ3) is 4.83. The van der Waals surface area contributed by atoms with Crippen molar-refractivity contribution in [2.24, 2.45) is 0 Å². The number of hydrogen-bond donors (Lipinski definition) is 1. The van der Waals surface area contributed by atoms with E-state index in [2.05, 4.69) is 15.5 Å². The van der Waals surface area contributed by atoms with E-state index in [0.717, 1.165) is 28.1 Å². The van der Waals surface area contributed by atoms with E-state index in [1.807, 2.05) is 81.4 Å². The average Bonchev–Trinajstić information content (AvgIpc) is 3.16. The minimum atomic E-state index is -0.233. The van der Waals surface area contributed by atoms with Crippen LogP contribution in [0.2, 0.25) is 0 Å². The Bertz CT molecular complexity index is 1220. The van der Waals surface area contributed by atoms with Crippen LogP contribution in [0.5, 0.6) is 11.5 Å². The van der Waals surface area contributed by atoms with Crippen molar-refractivity contribution < 1.29 is 14.3 Å². The van der Waals surface area contributed by atoms with Gasteiger partial charge in [0.05, 0.1) is 12.3 Å². The van der Waals surface area contributed by atoms with Crippen LogP contribution in [0.3, 0.4) is 0 Å². The van der Waals surface area contributed by atoms with Gasteiger partial charge in [0, 0.05) is 5.69 Å². The molecule has 158 valence electrons. The maximum absolute atomic E-state index is 12.4. The molecule has 0 aliphatic rings. The van der Waals surface area contributed by atoms with Gasteiger partial charge in [-0.05, 0) is 80.4 Å². The highest BCUT2D eigenvalue weighted by Gasteiger charge is 2.11. The van der Waals surface area contributed by atoms with Gasteiger partial charge in [0.2, 0.25) is 0 Å². The van der Waals surface area contributed by atoms with E-state index in [9.17, 15) is 4.79 Å². The summed E-state index contributed by atoms with van der Waals surface area (Å²) in [5, 5.41) is 12.0. The van der Waals surface area contributed by atoms with Crippen LogP contribution in [0, 0.1) is 13.8 Å². The molecule has 0 saturated carbocycles. The third-order valence-electron chi connectivity index (χ3n) is 4.74. The molecule has 1 amide bonds. The number of carbonyl (C=O) groups excluding carboxylic acids is 1. The van der Waals surface area contributed by atoms with Gasteiger partial charge >= 0.3 is 0 Å². The first-order chi connectivity index (χ1) is 15.0. The van der Waals surface area contributed by atoms with Gasteiger partial charge in [-0.3, -0.25) is 4.79 Å². The molecule has 0 unspecified atom stereocenters. The summed E-state index contributed by atoms with van der Waals surface area (Å²) < 4.78 is 11.1. The van der Waals surface area contributed by atoms with Crippen LogP contribution in [-0.2, 0) is 4.79 Å². The highest BCUT2D eigenvalue weighted by Crippen LogP contribution is 2.23. The van der Waals surface area contributed by atoms with E-state index in [-0.39, 0.29) is 12.5 Å². The summed E-state index contributed by atoms with van der Waals surface area (Å²) in [7, 11) is 0. The molecule has 4 aromatic rings. The molecule has 1 aromatic heterocycles. The predicted molar refractivity (Wildman–Crippen MR) is 120 cm³/mol. The van der Waals surface area contributed by atoms with Crippen molar-refractivity contribution in [2.45, 2.75) is 20.8 Å². The molecule has 7 heteroatoms. The van der Waals surface area contributed by atoms with E-state index in [1.54, 1.807) is 4.80 Å². The van der Waals surface area contributed by atoms with Crippen molar-refractivity contribution in [3.05, 3.63) is 71.8 Å². The third-order valence-corrected chi connectivity index (χ3v) is 4.74. The summed E-state index contributed by atoms with van der Waals surface area (Å²) in [6, 6.07) is 18.9. The number of aromatic nitrogens is 3. The maximum atomic E-state index is 12.4. The summed E-state index contributed by atoms with van der Waals surface area (Å²) in [6.07, 6.45) is 0. The van der Waals surface area contributed by atoms with Gasteiger partial charge in [0.15, 0.2) is 6.61 Å². The molecule has 0 aliphatic heterocycles. The molecular formula is C24H24N4O3. The first kappa shape index (κ1) is 20.4. The van der Waals surface area contributed by atoms with Gasteiger partial charge in [0.25, 0.3) is 5.91 Å². The van der Waals surface area contributed by atoms with Crippen LogP contribution in [0.15, 0.2) is 60.7 Å². The Morgan fingerprint density at radius 3 is 2.39 bits per heavy atom. The number of hydrogen-bond acceptors (Lipinski definition) is 5. The van der Waals surface area contributed by atoms with Crippen LogP contribution >= 0.6 is 0 Å². The number of carbonyl (C=O) groups is 1. The molecule has 4 rings (SSSR count). The summed E-state index contributed by atoms with van der Waals surface area (Å²) in [5.41, 5.74) is 4.93. The molecule has 0 saturated heterocycles. The first-order valence-electron chi connectivity index (χ1n) is 10.1. The number of anilines is 1. The van der Waals surface area contributed by atoms with Crippen LogP contribution in [0.1, 0.15) is 18.1 Å². The predicted octanol–water partition coefficient (Wildman–Crippen LogP) is 4.45. The monoisotopic (exact) mass is 416 g/mol. The fourth-order valence-electron chi connectivity index (χ4n) is 3.20. The van der Waals surface area contributed by atoms with E-state index < -0.39 is 0 Å².